The smallest absolute Gasteiger partial charge is 0.317 e. The van der Waals surface area contributed by atoms with Crippen LogP contribution in [0.25, 0.3) is 0 Å². The molecule has 0 saturated carbocycles. The molecular weight excluding hydrogens is 246 g/mol. The number of thiazole rings is 1. The molecule has 0 radical (unpaired) electrons. The van der Waals surface area contributed by atoms with Crippen molar-refractivity contribution in [1.82, 2.24) is 15.2 Å². The molecule has 0 spiro atoms. The van der Waals surface area contributed by atoms with Crippen LogP contribution < -0.4 is 5.32 Å². The number of carbonyl (C=O) groups is 1. The molecule has 1 N–H and O–H groups in total. The maximum atomic E-state index is 11.8. The third-order valence-corrected chi connectivity index (χ3v) is 4.37. The number of likely N-dealkylation sites (tertiary alicyclic amines) is 1. The van der Waals surface area contributed by atoms with Crippen LogP contribution in [0.3, 0.4) is 0 Å². The van der Waals surface area contributed by atoms with Crippen LogP contribution in [0.15, 0.2) is 5.38 Å². The summed E-state index contributed by atoms with van der Waals surface area (Å²) in [7, 11) is 0. The van der Waals surface area contributed by atoms with E-state index in [4.69, 9.17) is 0 Å². The molecule has 1 aromatic heterocycles. The third-order valence-electron chi connectivity index (χ3n) is 3.32. The number of piperidine rings is 1. The maximum absolute atomic E-state index is 11.8. The summed E-state index contributed by atoms with van der Waals surface area (Å²) in [6, 6.07) is 0.0643. The number of aromatic nitrogens is 1. The molecule has 1 saturated heterocycles. The van der Waals surface area contributed by atoms with Crippen molar-refractivity contribution in [3.63, 3.8) is 0 Å². The van der Waals surface area contributed by atoms with Gasteiger partial charge >= 0.3 is 6.03 Å². The Labute approximate surface area is 112 Å². The van der Waals surface area contributed by atoms with Crippen molar-refractivity contribution < 1.29 is 4.79 Å². The summed E-state index contributed by atoms with van der Waals surface area (Å²) < 4.78 is 0. The van der Waals surface area contributed by atoms with Crippen LogP contribution in [-0.2, 0) is 6.42 Å². The van der Waals surface area contributed by atoms with Gasteiger partial charge in [-0.2, -0.15) is 0 Å². The third kappa shape index (κ3) is 3.02. The molecule has 1 atom stereocenters. The summed E-state index contributed by atoms with van der Waals surface area (Å²) in [5.41, 5.74) is 1.17. The van der Waals surface area contributed by atoms with Gasteiger partial charge in [-0.25, -0.2) is 9.78 Å². The Bertz CT molecular complexity index is 405. The van der Waals surface area contributed by atoms with Crippen molar-refractivity contribution >= 4 is 17.4 Å². The average Bonchev–Trinajstić information content (AvgIpc) is 2.88. The molecule has 0 aromatic carbocycles. The molecule has 4 nitrogen and oxygen atoms in total. The van der Waals surface area contributed by atoms with Gasteiger partial charge in [0.1, 0.15) is 0 Å². The molecule has 100 valence electrons. The Morgan fingerprint density at radius 3 is 3.11 bits per heavy atom. The number of hydrogen-bond donors (Lipinski definition) is 1. The Morgan fingerprint density at radius 2 is 2.44 bits per heavy atom. The van der Waals surface area contributed by atoms with E-state index in [9.17, 15) is 4.79 Å². The maximum Gasteiger partial charge on any atom is 0.317 e. The van der Waals surface area contributed by atoms with Crippen LogP contribution in [0.4, 0.5) is 4.79 Å². The molecule has 1 aromatic rings. The molecule has 1 aliphatic heterocycles. The van der Waals surface area contributed by atoms with Gasteiger partial charge in [0.05, 0.1) is 10.7 Å². The molecule has 0 unspecified atom stereocenters. The van der Waals surface area contributed by atoms with Crippen molar-refractivity contribution in [2.45, 2.75) is 39.0 Å². The number of nitrogens with one attached hydrogen (secondary N) is 1. The zero-order chi connectivity index (χ0) is 13.0. The lowest BCUT2D eigenvalue weighted by Crippen LogP contribution is -2.44. The van der Waals surface area contributed by atoms with E-state index in [2.05, 4.69) is 22.6 Å². The number of amides is 2. The summed E-state index contributed by atoms with van der Waals surface area (Å²) in [5, 5.41) is 6.21. The molecule has 1 fully saturated rings. The van der Waals surface area contributed by atoms with Crippen LogP contribution >= 0.6 is 11.3 Å². The van der Waals surface area contributed by atoms with Crippen LogP contribution in [-0.4, -0.2) is 35.5 Å². The van der Waals surface area contributed by atoms with E-state index in [1.807, 2.05) is 11.8 Å². The lowest BCUT2D eigenvalue weighted by atomic mass is 9.99. The van der Waals surface area contributed by atoms with E-state index in [1.165, 1.54) is 10.7 Å². The van der Waals surface area contributed by atoms with Crippen LogP contribution in [0, 0.1) is 0 Å². The fourth-order valence-corrected chi connectivity index (χ4v) is 3.33. The minimum atomic E-state index is 0.0643. The second kappa shape index (κ2) is 6.18. The number of urea groups is 1. The van der Waals surface area contributed by atoms with Crippen molar-refractivity contribution in [1.29, 1.82) is 0 Å². The number of carbonyl (C=O) groups excluding carboxylic acids is 1. The highest BCUT2D eigenvalue weighted by molar-refractivity contribution is 7.09. The molecule has 2 amide bonds. The van der Waals surface area contributed by atoms with E-state index >= 15 is 0 Å². The number of nitrogens with zero attached hydrogens (tertiary/aromatic N) is 2. The minimum absolute atomic E-state index is 0.0643. The molecule has 0 bridgehead atoms. The highest BCUT2D eigenvalue weighted by atomic mass is 32.1. The van der Waals surface area contributed by atoms with Crippen molar-refractivity contribution in [2.24, 2.45) is 0 Å². The van der Waals surface area contributed by atoms with Gasteiger partial charge in [0.15, 0.2) is 0 Å². The first-order chi connectivity index (χ1) is 8.74. The molecule has 1 aliphatic rings. The number of rotatable bonds is 3. The highest BCUT2D eigenvalue weighted by Gasteiger charge is 2.26. The summed E-state index contributed by atoms with van der Waals surface area (Å²) in [5.74, 6) is 0.423. The van der Waals surface area contributed by atoms with E-state index in [0.717, 1.165) is 32.4 Å². The summed E-state index contributed by atoms with van der Waals surface area (Å²) >= 11 is 1.74. The van der Waals surface area contributed by atoms with E-state index in [-0.39, 0.29) is 6.03 Å². The van der Waals surface area contributed by atoms with Crippen LogP contribution in [0.1, 0.15) is 43.3 Å². The number of hydrogen-bond acceptors (Lipinski definition) is 3. The molecule has 5 heteroatoms. The number of aryl methyl sites for hydroxylation is 1. The van der Waals surface area contributed by atoms with E-state index < -0.39 is 0 Å². The lowest BCUT2D eigenvalue weighted by Gasteiger charge is -2.31. The molecule has 2 heterocycles. The van der Waals surface area contributed by atoms with Gasteiger partial charge in [-0.15, -0.1) is 11.3 Å². The van der Waals surface area contributed by atoms with Crippen molar-refractivity contribution in [3.8, 4) is 0 Å². The Kier molecular flexibility index (Phi) is 4.58. The van der Waals surface area contributed by atoms with Crippen LogP contribution in [0.2, 0.25) is 0 Å². The molecule has 2 rings (SSSR count). The Morgan fingerprint density at radius 1 is 1.61 bits per heavy atom. The zero-order valence-corrected chi connectivity index (χ0v) is 11.9. The fraction of sp³-hybridized carbons (Fsp3) is 0.692. The van der Waals surface area contributed by atoms with Gasteiger partial charge in [0, 0.05) is 30.9 Å². The van der Waals surface area contributed by atoms with Crippen molar-refractivity contribution in [3.05, 3.63) is 16.1 Å². The average molecular weight is 267 g/mol. The SMILES string of the molecule is CCNC(=O)N1CCC[C@@H](c2nc(CC)cs2)C1. The van der Waals surface area contributed by atoms with Gasteiger partial charge in [0.25, 0.3) is 0 Å². The van der Waals surface area contributed by atoms with Crippen molar-refractivity contribution in [2.75, 3.05) is 19.6 Å². The largest absolute Gasteiger partial charge is 0.338 e. The van der Waals surface area contributed by atoms with Gasteiger partial charge in [0.2, 0.25) is 0 Å². The van der Waals surface area contributed by atoms with E-state index in [1.54, 1.807) is 11.3 Å². The first kappa shape index (κ1) is 13.3. The topological polar surface area (TPSA) is 45.2 Å². The second-order valence-electron chi connectivity index (χ2n) is 4.65. The first-order valence-electron chi connectivity index (χ1n) is 6.71. The summed E-state index contributed by atoms with van der Waals surface area (Å²) in [6.07, 6.45) is 3.21. The standard InChI is InChI=1S/C13H21N3OS/c1-3-11-9-18-12(15-11)10-6-5-7-16(8-10)13(17)14-4-2/h9-10H,3-8H2,1-2H3,(H,14,17)/t10-/m1/s1. The van der Waals surface area contributed by atoms with E-state index in [0.29, 0.717) is 12.5 Å². The van der Waals surface area contributed by atoms with Gasteiger partial charge in [-0.05, 0) is 26.2 Å². The molecular formula is C13H21N3OS. The zero-order valence-electron chi connectivity index (χ0n) is 11.1. The molecule has 18 heavy (non-hydrogen) atoms. The first-order valence-corrected chi connectivity index (χ1v) is 7.59. The second-order valence-corrected chi connectivity index (χ2v) is 5.54. The van der Waals surface area contributed by atoms with Crippen LogP contribution in [0.5, 0.6) is 0 Å². The summed E-state index contributed by atoms with van der Waals surface area (Å²) in [4.78, 5) is 18.4. The van der Waals surface area contributed by atoms with Gasteiger partial charge < -0.3 is 10.2 Å². The molecule has 0 aliphatic carbocycles. The minimum Gasteiger partial charge on any atom is -0.338 e. The highest BCUT2D eigenvalue weighted by Crippen LogP contribution is 2.29. The predicted molar refractivity (Wildman–Crippen MR) is 74.1 cm³/mol. The normalized spacial score (nSPS) is 19.9. The van der Waals surface area contributed by atoms with Gasteiger partial charge in [-0.3, -0.25) is 0 Å². The quantitative estimate of drug-likeness (QED) is 0.915. The lowest BCUT2D eigenvalue weighted by molar-refractivity contribution is 0.180. The fourth-order valence-electron chi connectivity index (χ4n) is 2.30. The predicted octanol–water partition coefficient (Wildman–Crippen LogP) is 2.61. The summed E-state index contributed by atoms with van der Waals surface area (Å²) in [6.45, 7) is 6.45. The Balaban J connectivity index is 1.99. The Hall–Kier alpha value is -1.10. The monoisotopic (exact) mass is 267 g/mol. The van der Waals surface area contributed by atoms with Gasteiger partial charge in [-0.1, -0.05) is 6.92 Å².